The normalized spacial score (nSPS) is 22.4. The smallest absolute Gasteiger partial charge is 0.193 e. The molecule has 0 spiro atoms. The highest BCUT2D eigenvalue weighted by Crippen LogP contribution is 2.34. The molecule has 0 radical (unpaired) electrons. The molecule has 19 heavy (non-hydrogen) atoms. The highest BCUT2D eigenvalue weighted by Gasteiger charge is 2.36. The third-order valence-electron chi connectivity index (χ3n) is 3.74. The van der Waals surface area contributed by atoms with E-state index in [0.717, 1.165) is 24.8 Å². The van der Waals surface area contributed by atoms with E-state index in [0.29, 0.717) is 6.04 Å². The fraction of sp³-hybridized carbons (Fsp3) is 0.667. The van der Waals surface area contributed by atoms with E-state index in [4.69, 9.17) is 0 Å². The topological polar surface area (TPSA) is 27.6 Å². The number of nitrogens with zero attached hydrogens (tertiary/aromatic N) is 2. The molecule has 2 unspecified atom stereocenters. The first kappa shape index (κ1) is 14.4. The Morgan fingerprint density at radius 1 is 1.58 bits per heavy atom. The van der Waals surface area contributed by atoms with E-state index in [9.17, 15) is 0 Å². The van der Waals surface area contributed by atoms with Crippen molar-refractivity contribution in [3.8, 4) is 0 Å². The highest BCUT2D eigenvalue weighted by molar-refractivity contribution is 7.09. The van der Waals surface area contributed by atoms with Gasteiger partial charge in [0.1, 0.15) is 0 Å². The van der Waals surface area contributed by atoms with E-state index in [2.05, 4.69) is 46.7 Å². The molecule has 106 valence electrons. The molecule has 1 saturated carbocycles. The average Bonchev–Trinajstić information content (AvgIpc) is 2.92. The maximum Gasteiger partial charge on any atom is 0.193 e. The van der Waals surface area contributed by atoms with Crippen molar-refractivity contribution in [2.24, 2.45) is 10.9 Å². The van der Waals surface area contributed by atoms with E-state index in [1.165, 1.54) is 24.1 Å². The van der Waals surface area contributed by atoms with Gasteiger partial charge in [-0.2, -0.15) is 0 Å². The molecule has 1 aliphatic carbocycles. The number of aliphatic imine (C=N–C) groups is 1. The second kappa shape index (κ2) is 6.94. The van der Waals surface area contributed by atoms with Gasteiger partial charge in [-0.1, -0.05) is 19.4 Å². The summed E-state index contributed by atoms with van der Waals surface area (Å²) in [5, 5.41) is 5.73. The second-order valence-electron chi connectivity index (χ2n) is 5.33. The minimum Gasteiger partial charge on any atom is -0.353 e. The lowest BCUT2D eigenvalue weighted by atomic mass is 10.2. The highest BCUT2D eigenvalue weighted by atomic mass is 32.1. The van der Waals surface area contributed by atoms with Gasteiger partial charge in [-0.15, -0.1) is 11.3 Å². The van der Waals surface area contributed by atoms with Crippen LogP contribution in [0.1, 0.15) is 31.1 Å². The Kier molecular flexibility index (Phi) is 5.25. The number of hydrogen-bond donors (Lipinski definition) is 1. The van der Waals surface area contributed by atoms with Crippen molar-refractivity contribution in [2.45, 2.75) is 38.6 Å². The molecule has 1 aromatic rings. The molecule has 4 heteroatoms. The third-order valence-corrected chi connectivity index (χ3v) is 4.68. The SMILES string of the molecule is CCCC1CC1NC(=NC)N(C)CCc1cccs1. The maximum absolute atomic E-state index is 4.40. The fourth-order valence-corrected chi connectivity index (χ4v) is 3.16. The van der Waals surface area contributed by atoms with E-state index < -0.39 is 0 Å². The van der Waals surface area contributed by atoms with Crippen LogP contribution in [-0.2, 0) is 6.42 Å². The fourth-order valence-electron chi connectivity index (χ4n) is 2.46. The molecule has 1 aliphatic rings. The van der Waals surface area contributed by atoms with Crippen LogP contribution < -0.4 is 5.32 Å². The molecule has 1 heterocycles. The zero-order chi connectivity index (χ0) is 13.7. The van der Waals surface area contributed by atoms with Crippen LogP contribution in [0.2, 0.25) is 0 Å². The molecule has 0 aliphatic heterocycles. The van der Waals surface area contributed by atoms with Gasteiger partial charge in [0.25, 0.3) is 0 Å². The van der Waals surface area contributed by atoms with Gasteiger partial charge in [-0.05, 0) is 36.6 Å². The number of likely N-dealkylation sites (N-methyl/N-ethyl adjacent to an activating group) is 1. The molecular formula is C15H25N3S. The van der Waals surface area contributed by atoms with E-state index in [1.54, 1.807) is 0 Å². The minimum atomic E-state index is 0.655. The van der Waals surface area contributed by atoms with Gasteiger partial charge in [0.2, 0.25) is 0 Å². The van der Waals surface area contributed by atoms with Crippen LogP contribution >= 0.6 is 11.3 Å². The Hall–Kier alpha value is -1.03. The summed E-state index contributed by atoms with van der Waals surface area (Å²) in [6, 6.07) is 4.97. The van der Waals surface area contributed by atoms with Crippen LogP contribution in [0.3, 0.4) is 0 Å². The molecule has 1 N–H and O–H groups in total. The summed E-state index contributed by atoms with van der Waals surface area (Å²) in [5.74, 6) is 1.91. The molecule has 1 aromatic heterocycles. The van der Waals surface area contributed by atoms with E-state index in [1.807, 2.05) is 18.4 Å². The van der Waals surface area contributed by atoms with Gasteiger partial charge in [0.05, 0.1) is 0 Å². The third kappa shape index (κ3) is 4.23. The number of rotatable bonds is 6. The number of guanidine groups is 1. The van der Waals surface area contributed by atoms with Crippen molar-refractivity contribution in [2.75, 3.05) is 20.6 Å². The van der Waals surface area contributed by atoms with Crippen LogP contribution in [0, 0.1) is 5.92 Å². The summed E-state index contributed by atoms with van der Waals surface area (Å²) in [7, 11) is 4.00. The second-order valence-corrected chi connectivity index (χ2v) is 6.37. The molecular weight excluding hydrogens is 254 g/mol. The Bertz CT molecular complexity index is 400. The molecule has 2 rings (SSSR count). The predicted molar refractivity (Wildman–Crippen MR) is 84.0 cm³/mol. The van der Waals surface area contributed by atoms with Crippen molar-refractivity contribution in [1.82, 2.24) is 10.2 Å². The maximum atomic E-state index is 4.40. The zero-order valence-corrected chi connectivity index (χ0v) is 13.0. The van der Waals surface area contributed by atoms with Crippen molar-refractivity contribution in [3.05, 3.63) is 22.4 Å². The minimum absolute atomic E-state index is 0.655. The van der Waals surface area contributed by atoms with E-state index in [-0.39, 0.29) is 0 Å². The van der Waals surface area contributed by atoms with Crippen LogP contribution in [0.4, 0.5) is 0 Å². The first-order valence-electron chi connectivity index (χ1n) is 7.21. The van der Waals surface area contributed by atoms with Gasteiger partial charge in [-0.3, -0.25) is 4.99 Å². The van der Waals surface area contributed by atoms with Gasteiger partial charge in [0.15, 0.2) is 5.96 Å². The quantitative estimate of drug-likeness (QED) is 0.640. The van der Waals surface area contributed by atoms with Crippen molar-refractivity contribution >= 4 is 17.3 Å². The lowest BCUT2D eigenvalue weighted by molar-refractivity contribution is 0.482. The molecule has 2 atom stereocenters. The molecule has 0 aromatic carbocycles. The average molecular weight is 279 g/mol. The predicted octanol–water partition coefficient (Wildman–Crippen LogP) is 2.99. The Labute approximate surface area is 120 Å². The molecule has 1 fully saturated rings. The molecule has 0 bridgehead atoms. The van der Waals surface area contributed by atoms with Crippen molar-refractivity contribution in [3.63, 3.8) is 0 Å². The zero-order valence-electron chi connectivity index (χ0n) is 12.2. The van der Waals surface area contributed by atoms with Crippen LogP contribution in [-0.4, -0.2) is 37.5 Å². The van der Waals surface area contributed by atoms with Gasteiger partial charge in [0, 0.05) is 31.6 Å². The van der Waals surface area contributed by atoms with Crippen LogP contribution in [0.25, 0.3) is 0 Å². The number of thiophene rings is 1. The van der Waals surface area contributed by atoms with Crippen molar-refractivity contribution < 1.29 is 0 Å². The lowest BCUT2D eigenvalue weighted by Crippen LogP contribution is -2.41. The summed E-state index contributed by atoms with van der Waals surface area (Å²) < 4.78 is 0. The Balaban J connectivity index is 1.75. The van der Waals surface area contributed by atoms with E-state index >= 15 is 0 Å². The largest absolute Gasteiger partial charge is 0.353 e. The van der Waals surface area contributed by atoms with Gasteiger partial charge >= 0.3 is 0 Å². The number of nitrogens with one attached hydrogen (secondary N) is 1. The molecule has 0 saturated heterocycles. The van der Waals surface area contributed by atoms with Gasteiger partial charge < -0.3 is 10.2 Å². The monoisotopic (exact) mass is 279 g/mol. The molecule has 3 nitrogen and oxygen atoms in total. The standard InChI is InChI=1S/C15H25N3S/c1-4-6-12-11-14(12)17-15(16-2)18(3)9-8-13-7-5-10-19-13/h5,7,10,12,14H,4,6,8-9,11H2,1-3H3,(H,16,17). The first-order valence-corrected chi connectivity index (χ1v) is 8.09. The Morgan fingerprint density at radius 2 is 2.42 bits per heavy atom. The molecule has 0 amide bonds. The van der Waals surface area contributed by atoms with Crippen LogP contribution in [0.5, 0.6) is 0 Å². The summed E-state index contributed by atoms with van der Waals surface area (Å²) in [5.41, 5.74) is 0. The van der Waals surface area contributed by atoms with Crippen molar-refractivity contribution in [1.29, 1.82) is 0 Å². The summed E-state index contributed by atoms with van der Waals surface area (Å²) in [6.07, 6.45) is 5.03. The summed E-state index contributed by atoms with van der Waals surface area (Å²) >= 11 is 1.83. The number of hydrogen-bond acceptors (Lipinski definition) is 2. The van der Waals surface area contributed by atoms with Crippen LogP contribution in [0.15, 0.2) is 22.5 Å². The summed E-state index contributed by atoms with van der Waals surface area (Å²) in [6.45, 7) is 3.28. The Morgan fingerprint density at radius 3 is 3.05 bits per heavy atom. The first-order chi connectivity index (χ1) is 9.24. The van der Waals surface area contributed by atoms with Gasteiger partial charge in [-0.25, -0.2) is 0 Å². The summed E-state index contributed by atoms with van der Waals surface area (Å²) in [4.78, 5) is 8.08. The lowest BCUT2D eigenvalue weighted by Gasteiger charge is -2.22.